The number of benzene rings is 1. The van der Waals surface area contributed by atoms with Gasteiger partial charge in [0.15, 0.2) is 0 Å². The zero-order valence-electron chi connectivity index (χ0n) is 13.6. The molecule has 1 N–H and O–H groups in total. The van der Waals surface area contributed by atoms with Gasteiger partial charge in [0, 0.05) is 18.1 Å². The van der Waals surface area contributed by atoms with Crippen LogP contribution in [0.3, 0.4) is 0 Å². The molecule has 0 aliphatic rings. The largest absolute Gasteiger partial charge is 0.491 e. The number of nitrogens with one attached hydrogen (secondary N) is 1. The third-order valence-corrected chi connectivity index (χ3v) is 3.34. The summed E-state index contributed by atoms with van der Waals surface area (Å²) in [5, 5.41) is 2.98. The first kappa shape index (κ1) is 16.1. The van der Waals surface area contributed by atoms with Crippen LogP contribution in [-0.2, 0) is 4.79 Å². The van der Waals surface area contributed by atoms with Crippen molar-refractivity contribution in [2.75, 3.05) is 5.32 Å². The number of nitrogens with zero attached hydrogens (tertiary/aromatic N) is 1. The molecule has 0 unspecified atom stereocenters. The predicted octanol–water partition coefficient (Wildman–Crippen LogP) is 4.11. The Kier molecular flexibility index (Phi) is 5.26. The molecule has 118 valence electrons. The Labute approximate surface area is 132 Å². The molecule has 1 heterocycles. The summed E-state index contributed by atoms with van der Waals surface area (Å²) in [5.41, 5.74) is 0.777. The van der Waals surface area contributed by atoms with Crippen molar-refractivity contribution in [3.05, 3.63) is 48.8 Å². The SMILES string of the molecule is CC(C)Oc1ccc(NC(=O)[C@@H](C(C)C)n2cccc2)cc1. The molecular formula is C18H24N2O2. The van der Waals surface area contributed by atoms with Crippen molar-refractivity contribution in [2.45, 2.75) is 39.8 Å². The Morgan fingerprint density at radius 1 is 1.05 bits per heavy atom. The number of aromatic nitrogens is 1. The first-order chi connectivity index (χ1) is 10.5. The second-order valence-corrected chi connectivity index (χ2v) is 6.00. The standard InChI is InChI=1S/C18H24N2O2/c1-13(2)17(20-11-5-6-12-20)18(21)19-15-7-9-16(10-8-15)22-14(3)4/h5-14,17H,1-4H3,(H,19,21)/t17-/m1/s1. The van der Waals surface area contributed by atoms with Crippen LogP contribution < -0.4 is 10.1 Å². The zero-order chi connectivity index (χ0) is 16.1. The van der Waals surface area contributed by atoms with Crippen LogP contribution in [0.15, 0.2) is 48.8 Å². The van der Waals surface area contributed by atoms with E-state index in [4.69, 9.17) is 4.74 Å². The van der Waals surface area contributed by atoms with Crippen LogP contribution >= 0.6 is 0 Å². The molecule has 1 aromatic heterocycles. The monoisotopic (exact) mass is 300 g/mol. The number of hydrogen-bond donors (Lipinski definition) is 1. The molecule has 0 spiro atoms. The summed E-state index contributed by atoms with van der Waals surface area (Å²) in [6.45, 7) is 8.06. The first-order valence-electron chi connectivity index (χ1n) is 7.67. The van der Waals surface area contributed by atoms with Crippen LogP contribution in [0.25, 0.3) is 0 Å². The van der Waals surface area contributed by atoms with E-state index in [-0.39, 0.29) is 24.0 Å². The highest BCUT2D eigenvalue weighted by Crippen LogP contribution is 2.22. The minimum absolute atomic E-state index is 0.0104. The van der Waals surface area contributed by atoms with Gasteiger partial charge in [0.05, 0.1) is 6.10 Å². The lowest BCUT2D eigenvalue weighted by Crippen LogP contribution is -2.29. The number of hydrogen-bond acceptors (Lipinski definition) is 2. The number of carbonyl (C=O) groups excluding carboxylic acids is 1. The maximum atomic E-state index is 12.6. The van der Waals surface area contributed by atoms with E-state index in [1.807, 2.05) is 81.1 Å². The first-order valence-corrected chi connectivity index (χ1v) is 7.67. The van der Waals surface area contributed by atoms with Crippen LogP contribution in [0.4, 0.5) is 5.69 Å². The summed E-state index contributed by atoms with van der Waals surface area (Å²) in [6.07, 6.45) is 3.98. The zero-order valence-corrected chi connectivity index (χ0v) is 13.6. The number of anilines is 1. The maximum Gasteiger partial charge on any atom is 0.247 e. The van der Waals surface area contributed by atoms with E-state index >= 15 is 0 Å². The molecular weight excluding hydrogens is 276 g/mol. The van der Waals surface area contributed by atoms with E-state index in [0.717, 1.165) is 11.4 Å². The molecule has 0 aliphatic heterocycles. The summed E-state index contributed by atoms with van der Waals surface area (Å²) in [7, 11) is 0. The van der Waals surface area contributed by atoms with Crippen LogP contribution in [0.1, 0.15) is 33.7 Å². The molecule has 4 heteroatoms. The number of ether oxygens (including phenoxy) is 1. The Bertz CT molecular complexity index is 586. The fraction of sp³-hybridized carbons (Fsp3) is 0.389. The van der Waals surface area contributed by atoms with Crippen molar-refractivity contribution < 1.29 is 9.53 Å². The quantitative estimate of drug-likeness (QED) is 0.872. The maximum absolute atomic E-state index is 12.6. The van der Waals surface area contributed by atoms with Gasteiger partial charge < -0.3 is 14.6 Å². The summed E-state index contributed by atoms with van der Waals surface area (Å²) in [4.78, 5) is 12.6. The van der Waals surface area contributed by atoms with Crippen molar-refractivity contribution >= 4 is 11.6 Å². The molecule has 1 atom stereocenters. The molecule has 2 aromatic rings. The van der Waals surface area contributed by atoms with Crippen molar-refractivity contribution in [1.82, 2.24) is 4.57 Å². The lowest BCUT2D eigenvalue weighted by atomic mass is 10.0. The number of carbonyl (C=O) groups is 1. The highest BCUT2D eigenvalue weighted by molar-refractivity contribution is 5.93. The molecule has 1 amide bonds. The second kappa shape index (κ2) is 7.16. The van der Waals surface area contributed by atoms with Crippen LogP contribution in [0.2, 0.25) is 0 Å². The van der Waals surface area contributed by atoms with Gasteiger partial charge in [-0.3, -0.25) is 4.79 Å². The van der Waals surface area contributed by atoms with Crippen molar-refractivity contribution in [3.63, 3.8) is 0 Å². The molecule has 0 fully saturated rings. The van der Waals surface area contributed by atoms with Gasteiger partial charge in [-0.05, 0) is 56.2 Å². The molecule has 0 aliphatic carbocycles. The molecule has 0 radical (unpaired) electrons. The van der Waals surface area contributed by atoms with E-state index in [2.05, 4.69) is 5.32 Å². The Morgan fingerprint density at radius 3 is 2.14 bits per heavy atom. The molecule has 22 heavy (non-hydrogen) atoms. The minimum atomic E-state index is -0.221. The van der Waals surface area contributed by atoms with Crippen LogP contribution in [0, 0.1) is 5.92 Å². The average molecular weight is 300 g/mol. The highest BCUT2D eigenvalue weighted by atomic mass is 16.5. The van der Waals surface area contributed by atoms with Crippen LogP contribution in [-0.4, -0.2) is 16.6 Å². The Balaban J connectivity index is 2.07. The molecule has 1 aromatic carbocycles. The molecule has 2 rings (SSSR count). The van der Waals surface area contributed by atoms with Crippen molar-refractivity contribution in [1.29, 1.82) is 0 Å². The smallest absolute Gasteiger partial charge is 0.247 e. The molecule has 0 saturated carbocycles. The highest BCUT2D eigenvalue weighted by Gasteiger charge is 2.23. The van der Waals surface area contributed by atoms with E-state index < -0.39 is 0 Å². The summed E-state index contributed by atoms with van der Waals surface area (Å²) >= 11 is 0. The lowest BCUT2D eigenvalue weighted by molar-refractivity contribution is -0.120. The van der Waals surface area contributed by atoms with Crippen LogP contribution in [0.5, 0.6) is 5.75 Å². The fourth-order valence-electron chi connectivity index (χ4n) is 2.42. The average Bonchev–Trinajstić information content (AvgIpc) is 2.94. The predicted molar refractivity (Wildman–Crippen MR) is 89.1 cm³/mol. The fourth-order valence-corrected chi connectivity index (χ4v) is 2.42. The van der Waals surface area contributed by atoms with E-state index in [1.54, 1.807) is 0 Å². The van der Waals surface area contributed by atoms with Crippen molar-refractivity contribution in [2.24, 2.45) is 5.92 Å². The summed E-state index contributed by atoms with van der Waals surface area (Å²) < 4.78 is 7.54. The van der Waals surface area contributed by atoms with Gasteiger partial charge in [0.1, 0.15) is 11.8 Å². The molecule has 0 bridgehead atoms. The van der Waals surface area contributed by atoms with E-state index in [9.17, 15) is 4.79 Å². The lowest BCUT2D eigenvalue weighted by Gasteiger charge is -2.22. The topological polar surface area (TPSA) is 43.3 Å². The van der Waals surface area contributed by atoms with Gasteiger partial charge in [0.25, 0.3) is 0 Å². The molecule has 0 saturated heterocycles. The van der Waals surface area contributed by atoms with E-state index in [0.29, 0.717) is 0 Å². The number of amides is 1. The van der Waals surface area contributed by atoms with E-state index in [1.165, 1.54) is 0 Å². The van der Waals surface area contributed by atoms with Gasteiger partial charge in [-0.15, -0.1) is 0 Å². The third kappa shape index (κ3) is 4.13. The normalized spacial score (nSPS) is 12.5. The molecule has 4 nitrogen and oxygen atoms in total. The van der Waals surface area contributed by atoms with Crippen molar-refractivity contribution in [3.8, 4) is 5.75 Å². The second-order valence-electron chi connectivity index (χ2n) is 6.00. The Morgan fingerprint density at radius 2 is 1.64 bits per heavy atom. The van der Waals surface area contributed by atoms with Gasteiger partial charge in [-0.2, -0.15) is 0 Å². The van der Waals surface area contributed by atoms with Gasteiger partial charge in [0.2, 0.25) is 5.91 Å². The van der Waals surface area contributed by atoms with Gasteiger partial charge in [-0.25, -0.2) is 0 Å². The third-order valence-electron chi connectivity index (χ3n) is 3.34. The number of rotatable bonds is 6. The van der Waals surface area contributed by atoms with Gasteiger partial charge >= 0.3 is 0 Å². The summed E-state index contributed by atoms with van der Waals surface area (Å²) in [5.74, 6) is 0.999. The van der Waals surface area contributed by atoms with Gasteiger partial charge in [-0.1, -0.05) is 13.8 Å². The Hall–Kier alpha value is -2.23. The summed E-state index contributed by atoms with van der Waals surface area (Å²) in [6, 6.07) is 11.1. The minimum Gasteiger partial charge on any atom is -0.491 e.